The van der Waals surface area contributed by atoms with Crippen LogP contribution in [-0.2, 0) is 14.8 Å². The molecule has 0 aromatic carbocycles. The Labute approximate surface area is 91.7 Å². The van der Waals surface area contributed by atoms with Gasteiger partial charge in [0.1, 0.15) is 0 Å². The summed E-state index contributed by atoms with van der Waals surface area (Å²) in [4.78, 5) is 11.3. The zero-order valence-electron chi connectivity index (χ0n) is 9.75. The molecule has 0 radical (unpaired) electrons. The summed E-state index contributed by atoms with van der Waals surface area (Å²) < 4.78 is 24.4. The van der Waals surface area contributed by atoms with Crippen molar-refractivity contribution < 1.29 is 13.2 Å². The molecule has 0 bridgehead atoms. The normalized spacial score (nSPS) is 12.5. The molecule has 6 heteroatoms. The highest BCUT2D eigenvalue weighted by molar-refractivity contribution is 7.89. The van der Waals surface area contributed by atoms with E-state index < -0.39 is 10.0 Å². The first kappa shape index (κ1) is 14.4. The standard InChI is InChI=1S/C9H20N2O3S/c1-5-15(13,14)10-7-6-8(12)11-9(2,3)4/h10H,5-7H2,1-4H3,(H,11,12). The number of sulfonamides is 1. The van der Waals surface area contributed by atoms with Gasteiger partial charge in [0, 0.05) is 18.5 Å². The average molecular weight is 236 g/mol. The molecule has 0 spiro atoms. The van der Waals surface area contributed by atoms with E-state index in [9.17, 15) is 13.2 Å². The maximum Gasteiger partial charge on any atom is 0.221 e. The molecular weight excluding hydrogens is 216 g/mol. The SMILES string of the molecule is CCS(=O)(=O)NCCC(=O)NC(C)(C)C. The highest BCUT2D eigenvalue weighted by Gasteiger charge is 2.14. The zero-order chi connectivity index (χ0) is 12.1. The molecule has 0 aliphatic carbocycles. The number of carbonyl (C=O) groups excluding carboxylic acids is 1. The molecule has 0 rings (SSSR count). The quantitative estimate of drug-likeness (QED) is 0.717. The van der Waals surface area contributed by atoms with Crippen molar-refractivity contribution in [3.8, 4) is 0 Å². The summed E-state index contributed by atoms with van der Waals surface area (Å²) in [5.74, 6) is -0.116. The van der Waals surface area contributed by atoms with Gasteiger partial charge in [0.25, 0.3) is 0 Å². The number of hydrogen-bond donors (Lipinski definition) is 2. The number of carbonyl (C=O) groups is 1. The lowest BCUT2D eigenvalue weighted by atomic mass is 10.1. The lowest BCUT2D eigenvalue weighted by molar-refractivity contribution is -0.122. The molecule has 0 saturated heterocycles. The number of amides is 1. The summed E-state index contributed by atoms with van der Waals surface area (Å²) in [7, 11) is -3.19. The molecule has 1 amide bonds. The minimum Gasteiger partial charge on any atom is -0.351 e. The van der Waals surface area contributed by atoms with Crippen molar-refractivity contribution >= 4 is 15.9 Å². The summed E-state index contributed by atoms with van der Waals surface area (Å²) in [5.41, 5.74) is -0.277. The molecular formula is C9H20N2O3S. The maximum absolute atomic E-state index is 11.3. The van der Waals surface area contributed by atoms with E-state index in [1.165, 1.54) is 0 Å². The Morgan fingerprint density at radius 2 is 1.80 bits per heavy atom. The topological polar surface area (TPSA) is 75.3 Å². The van der Waals surface area contributed by atoms with Crippen LogP contribution in [0.5, 0.6) is 0 Å². The van der Waals surface area contributed by atoms with Gasteiger partial charge in [0.15, 0.2) is 0 Å². The van der Waals surface area contributed by atoms with E-state index in [2.05, 4.69) is 10.0 Å². The first-order valence-corrected chi connectivity index (χ1v) is 6.60. The van der Waals surface area contributed by atoms with E-state index in [0.29, 0.717) is 0 Å². The van der Waals surface area contributed by atoms with Gasteiger partial charge < -0.3 is 5.32 Å². The average Bonchev–Trinajstić information content (AvgIpc) is 2.00. The molecule has 0 atom stereocenters. The minimum absolute atomic E-state index is 0.0356. The van der Waals surface area contributed by atoms with Crippen LogP contribution in [0.3, 0.4) is 0 Å². The Balaban J connectivity index is 3.84. The highest BCUT2D eigenvalue weighted by Crippen LogP contribution is 1.98. The van der Waals surface area contributed by atoms with E-state index in [-0.39, 0.29) is 30.2 Å². The third-order valence-electron chi connectivity index (χ3n) is 1.57. The number of nitrogens with one attached hydrogen (secondary N) is 2. The van der Waals surface area contributed by atoms with Gasteiger partial charge in [-0.2, -0.15) is 0 Å². The van der Waals surface area contributed by atoms with Crippen molar-refractivity contribution in [1.82, 2.24) is 10.0 Å². The smallest absolute Gasteiger partial charge is 0.221 e. The lowest BCUT2D eigenvalue weighted by Gasteiger charge is -2.20. The van der Waals surface area contributed by atoms with Gasteiger partial charge in [0.05, 0.1) is 5.75 Å². The Morgan fingerprint density at radius 3 is 2.20 bits per heavy atom. The molecule has 0 aliphatic rings. The second-order valence-corrected chi connectivity index (χ2v) is 6.44. The molecule has 0 heterocycles. The largest absolute Gasteiger partial charge is 0.351 e. The molecule has 15 heavy (non-hydrogen) atoms. The van der Waals surface area contributed by atoms with Gasteiger partial charge in [0.2, 0.25) is 15.9 Å². The summed E-state index contributed by atoms with van der Waals surface area (Å²) in [6, 6.07) is 0. The molecule has 0 aromatic heterocycles. The summed E-state index contributed by atoms with van der Waals surface area (Å²) in [6.45, 7) is 7.33. The van der Waals surface area contributed by atoms with E-state index in [1.54, 1.807) is 6.92 Å². The van der Waals surface area contributed by atoms with E-state index >= 15 is 0 Å². The molecule has 0 fully saturated rings. The molecule has 0 saturated carbocycles. The third kappa shape index (κ3) is 8.38. The van der Waals surface area contributed by atoms with Gasteiger partial charge in [-0.3, -0.25) is 4.79 Å². The van der Waals surface area contributed by atoms with Crippen LogP contribution < -0.4 is 10.0 Å². The Morgan fingerprint density at radius 1 is 1.27 bits per heavy atom. The zero-order valence-corrected chi connectivity index (χ0v) is 10.6. The van der Waals surface area contributed by atoms with Crippen LogP contribution in [0.4, 0.5) is 0 Å². The van der Waals surface area contributed by atoms with Crippen LogP contribution in [0.25, 0.3) is 0 Å². The molecule has 5 nitrogen and oxygen atoms in total. The van der Waals surface area contributed by atoms with E-state index in [0.717, 1.165) is 0 Å². The summed E-state index contributed by atoms with van der Waals surface area (Å²) >= 11 is 0. The Hall–Kier alpha value is -0.620. The molecule has 2 N–H and O–H groups in total. The summed E-state index contributed by atoms with van der Waals surface area (Å²) in [6.07, 6.45) is 0.163. The Kier molecular flexibility index (Phi) is 5.23. The predicted octanol–water partition coefficient (Wildman–Crippen LogP) is 0.231. The molecule has 0 aromatic rings. The van der Waals surface area contributed by atoms with Crippen LogP contribution in [0.2, 0.25) is 0 Å². The minimum atomic E-state index is -3.19. The first-order chi connectivity index (χ1) is 6.66. The van der Waals surface area contributed by atoms with Gasteiger partial charge in [-0.25, -0.2) is 13.1 Å². The fraction of sp³-hybridized carbons (Fsp3) is 0.889. The second-order valence-electron chi connectivity index (χ2n) is 4.35. The van der Waals surface area contributed by atoms with Gasteiger partial charge >= 0.3 is 0 Å². The van der Waals surface area contributed by atoms with E-state index in [1.807, 2.05) is 20.8 Å². The van der Waals surface area contributed by atoms with Gasteiger partial charge in [-0.15, -0.1) is 0 Å². The first-order valence-electron chi connectivity index (χ1n) is 4.94. The number of hydrogen-bond acceptors (Lipinski definition) is 3. The second kappa shape index (κ2) is 5.46. The van der Waals surface area contributed by atoms with Crippen LogP contribution in [-0.4, -0.2) is 32.2 Å². The molecule has 0 aliphatic heterocycles. The van der Waals surface area contributed by atoms with Crippen LogP contribution in [0.1, 0.15) is 34.1 Å². The number of rotatable bonds is 5. The fourth-order valence-corrected chi connectivity index (χ4v) is 1.52. The third-order valence-corrected chi connectivity index (χ3v) is 2.97. The van der Waals surface area contributed by atoms with Crippen molar-refractivity contribution in [3.05, 3.63) is 0 Å². The Bertz CT molecular complexity index is 304. The van der Waals surface area contributed by atoms with Crippen LogP contribution >= 0.6 is 0 Å². The van der Waals surface area contributed by atoms with Crippen molar-refractivity contribution in [2.24, 2.45) is 0 Å². The molecule has 0 unspecified atom stereocenters. The summed E-state index contributed by atoms with van der Waals surface area (Å²) in [5, 5.41) is 2.75. The van der Waals surface area contributed by atoms with Gasteiger partial charge in [-0.05, 0) is 27.7 Å². The lowest BCUT2D eigenvalue weighted by Crippen LogP contribution is -2.42. The van der Waals surface area contributed by atoms with Crippen molar-refractivity contribution in [3.63, 3.8) is 0 Å². The maximum atomic E-state index is 11.3. The monoisotopic (exact) mass is 236 g/mol. The van der Waals surface area contributed by atoms with Gasteiger partial charge in [-0.1, -0.05) is 0 Å². The fourth-order valence-electron chi connectivity index (χ4n) is 0.903. The van der Waals surface area contributed by atoms with Crippen LogP contribution in [0.15, 0.2) is 0 Å². The van der Waals surface area contributed by atoms with Crippen molar-refractivity contribution in [2.75, 3.05) is 12.3 Å². The predicted molar refractivity (Wildman–Crippen MR) is 60.0 cm³/mol. The van der Waals surface area contributed by atoms with Crippen molar-refractivity contribution in [2.45, 2.75) is 39.7 Å². The highest BCUT2D eigenvalue weighted by atomic mass is 32.2. The van der Waals surface area contributed by atoms with E-state index in [4.69, 9.17) is 0 Å². The van der Waals surface area contributed by atoms with Crippen molar-refractivity contribution in [1.29, 1.82) is 0 Å². The van der Waals surface area contributed by atoms with Crippen LogP contribution in [0, 0.1) is 0 Å². The molecule has 90 valence electrons.